The van der Waals surface area contributed by atoms with Crippen molar-refractivity contribution in [1.29, 1.82) is 0 Å². The van der Waals surface area contributed by atoms with E-state index in [9.17, 15) is 9.90 Å². The lowest BCUT2D eigenvalue weighted by molar-refractivity contribution is 0.0551. The van der Waals surface area contributed by atoms with E-state index in [0.717, 1.165) is 29.7 Å². The first-order valence-electron chi connectivity index (χ1n) is 9.40. The second kappa shape index (κ2) is 7.22. The topological polar surface area (TPSA) is 76.8 Å². The van der Waals surface area contributed by atoms with E-state index in [2.05, 4.69) is 23.7 Å². The molecule has 1 N–H and O–H groups in total. The molecule has 7 nitrogen and oxygen atoms in total. The number of hydrogen-bond acceptors (Lipinski definition) is 6. The van der Waals surface area contributed by atoms with Gasteiger partial charge >= 0.3 is 6.09 Å². The molecule has 150 valence electrons. The van der Waals surface area contributed by atoms with E-state index in [4.69, 9.17) is 9.47 Å². The minimum absolute atomic E-state index is 0.0417. The third-order valence-corrected chi connectivity index (χ3v) is 4.60. The number of phenols is 1. The van der Waals surface area contributed by atoms with Gasteiger partial charge < -0.3 is 19.5 Å². The number of pyridine rings is 1. The molecule has 0 aliphatic carbocycles. The molecule has 0 spiro atoms. The Morgan fingerprint density at radius 3 is 2.46 bits per heavy atom. The van der Waals surface area contributed by atoms with Crippen LogP contribution in [0.5, 0.6) is 11.5 Å². The van der Waals surface area contributed by atoms with Gasteiger partial charge in [0.15, 0.2) is 11.5 Å². The van der Waals surface area contributed by atoms with Crippen LogP contribution >= 0.6 is 0 Å². The number of aromatic nitrogens is 2. The standard InChI is InChI=1S/C21H27N3O4/c1-7-23(8-2)19-18-13-11-17(27-6)16(25)12-15(13)24(14(18)9-10-22-19)20(26)28-21(3,4)5/h9-12,25H,7-8H2,1-6H3. The maximum absolute atomic E-state index is 13.0. The van der Waals surface area contributed by atoms with Gasteiger partial charge in [0.2, 0.25) is 0 Å². The highest BCUT2D eigenvalue weighted by Crippen LogP contribution is 2.40. The van der Waals surface area contributed by atoms with E-state index in [1.54, 1.807) is 18.3 Å². The molecular formula is C21H27N3O4. The predicted molar refractivity (Wildman–Crippen MR) is 111 cm³/mol. The van der Waals surface area contributed by atoms with Gasteiger partial charge in [-0.2, -0.15) is 0 Å². The lowest BCUT2D eigenvalue weighted by atomic mass is 10.1. The third kappa shape index (κ3) is 3.32. The van der Waals surface area contributed by atoms with Crippen molar-refractivity contribution in [2.24, 2.45) is 0 Å². The van der Waals surface area contributed by atoms with Gasteiger partial charge in [-0.3, -0.25) is 0 Å². The molecule has 0 aliphatic heterocycles. The fourth-order valence-electron chi connectivity index (χ4n) is 3.39. The molecule has 0 radical (unpaired) electrons. The fourth-order valence-corrected chi connectivity index (χ4v) is 3.39. The molecule has 0 atom stereocenters. The molecule has 2 heterocycles. The Morgan fingerprint density at radius 2 is 1.89 bits per heavy atom. The number of nitrogens with zero attached hydrogens (tertiary/aromatic N) is 3. The quantitative estimate of drug-likeness (QED) is 0.711. The van der Waals surface area contributed by atoms with Gasteiger partial charge in [-0.25, -0.2) is 14.3 Å². The number of aromatic hydroxyl groups is 1. The fraction of sp³-hybridized carbons (Fsp3) is 0.429. The van der Waals surface area contributed by atoms with Crippen molar-refractivity contribution in [3.05, 3.63) is 24.4 Å². The zero-order valence-corrected chi connectivity index (χ0v) is 17.2. The van der Waals surface area contributed by atoms with E-state index < -0.39 is 11.7 Å². The van der Waals surface area contributed by atoms with Crippen LogP contribution in [0.4, 0.5) is 10.6 Å². The number of hydrogen-bond donors (Lipinski definition) is 1. The normalized spacial score (nSPS) is 11.8. The van der Waals surface area contributed by atoms with Gasteiger partial charge in [0.25, 0.3) is 0 Å². The van der Waals surface area contributed by atoms with Crippen LogP contribution in [0.2, 0.25) is 0 Å². The third-order valence-electron chi connectivity index (χ3n) is 4.60. The van der Waals surface area contributed by atoms with Crippen molar-refractivity contribution in [3.63, 3.8) is 0 Å². The number of carbonyl (C=O) groups is 1. The second-order valence-corrected chi connectivity index (χ2v) is 7.56. The molecule has 1 aromatic carbocycles. The van der Waals surface area contributed by atoms with Gasteiger partial charge in [-0.15, -0.1) is 0 Å². The molecule has 0 saturated heterocycles. The highest BCUT2D eigenvalue weighted by Gasteiger charge is 2.26. The SMILES string of the molecule is CCN(CC)c1nccc2c1c1cc(OC)c(O)cc1n2C(=O)OC(C)(C)C. The van der Waals surface area contributed by atoms with Gasteiger partial charge in [0.1, 0.15) is 11.4 Å². The molecule has 3 aromatic rings. The van der Waals surface area contributed by atoms with Crippen LogP contribution in [-0.2, 0) is 4.74 Å². The maximum Gasteiger partial charge on any atom is 0.419 e. The Hall–Kier alpha value is -2.96. The number of rotatable bonds is 4. The zero-order chi connectivity index (χ0) is 20.6. The Balaban J connectivity index is 2.43. The summed E-state index contributed by atoms with van der Waals surface area (Å²) in [6.45, 7) is 11.1. The molecule has 3 rings (SSSR count). The van der Waals surface area contributed by atoms with E-state index in [0.29, 0.717) is 16.8 Å². The first kappa shape index (κ1) is 19.8. The van der Waals surface area contributed by atoms with E-state index in [-0.39, 0.29) is 5.75 Å². The highest BCUT2D eigenvalue weighted by molar-refractivity contribution is 6.17. The monoisotopic (exact) mass is 385 g/mol. The molecule has 0 bridgehead atoms. The summed E-state index contributed by atoms with van der Waals surface area (Å²) in [5.74, 6) is 1.08. The number of ether oxygens (including phenoxy) is 2. The van der Waals surface area contributed by atoms with Crippen LogP contribution in [0.3, 0.4) is 0 Å². The van der Waals surface area contributed by atoms with Crippen LogP contribution < -0.4 is 9.64 Å². The lowest BCUT2D eigenvalue weighted by Gasteiger charge is -2.21. The summed E-state index contributed by atoms with van der Waals surface area (Å²) in [5.41, 5.74) is 0.571. The van der Waals surface area contributed by atoms with Gasteiger partial charge in [0.05, 0.1) is 23.5 Å². The first-order chi connectivity index (χ1) is 13.2. The van der Waals surface area contributed by atoms with E-state index >= 15 is 0 Å². The van der Waals surface area contributed by atoms with Crippen LogP contribution in [0, 0.1) is 0 Å². The minimum Gasteiger partial charge on any atom is -0.504 e. The molecule has 0 aliphatic rings. The predicted octanol–water partition coefficient (Wildman–Crippen LogP) is 4.53. The van der Waals surface area contributed by atoms with Crippen LogP contribution in [0.15, 0.2) is 24.4 Å². The molecule has 7 heteroatoms. The molecule has 28 heavy (non-hydrogen) atoms. The lowest BCUT2D eigenvalue weighted by Crippen LogP contribution is -2.27. The summed E-state index contributed by atoms with van der Waals surface area (Å²) in [7, 11) is 1.50. The summed E-state index contributed by atoms with van der Waals surface area (Å²) in [6, 6.07) is 5.06. The van der Waals surface area contributed by atoms with Crippen molar-refractivity contribution >= 4 is 33.7 Å². The Kier molecular flexibility index (Phi) is 5.10. The summed E-state index contributed by atoms with van der Waals surface area (Å²) < 4.78 is 12.4. The minimum atomic E-state index is -0.650. The highest BCUT2D eigenvalue weighted by atomic mass is 16.6. The summed E-state index contributed by atoms with van der Waals surface area (Å²) in [4.78, 5) is 19.7. The number of benzene rings is 1. The van der Waals surface area contributed by atoms with Gasteiger partial charge in [0, 0.05) is 30.7 Å². The van der Waals surface area contributed by atoms with Gasteiger partial charge in [-0.1, -0.05) is 0 Å². The average Bonchev–Trinajstić information content (AvgIpc) is 2.94. The zero-order valence-electron chi connectivity index (χ0n) is 17.2. The molecule has 2 aromatic heterocycles. The second-order valence-electron chi connectivity index (χ2n) is 7.56. The van der Waals surface area contributed by atoms with Crippen molar-refractivity contribution in [2.45, 2.75) is 40.2 Å². The number of phenolic OH excluding ortho intramolecular Hbond substituents is 1. The van der Waals surface area contributed by atoms with Crippen molar-refractivity contribution < 1.29 is 19.4 Å². The largest absolute Gasteiger partial charge is 0.504 e. The Morgan fingerprint density at radius 1 is 1.21 bits per heavy atom. The molecule has 0 unspecified atom stereocenters. The molecule has 0 amide bonds. The van der Waals surface area contributed by atoms with Crippen molar-refractivity contribution in [2.75, 3.05) is 25.1 Å². The Bertz CT molecular complexity index is 1030. The van der Waals surface area contributed by atoms with E-state index in [1.807, 2.05) is 20.8 Å². The molecule has 0 saturated carbocycles. The molecule has 0 fully saturated rings. The van der Waals surface area contributed by atoms with Crippen LogP contribution in [0.25, 0.3) is 21.8 Å². The van der Waals surface area contributed by atoms with Gasteiger partial charge in [-0.05, 0) is 46.8 Å². The maximum atomic E-state index is 13.0. The smallest absolute Gasteiger partial charge is 0.419 e. The van der Waals surface area contributed by atoms with Crippen LogP contribution in [-0.4, -0.2) is 46.6 Å². The number of carbonyl (C=O) groups excluding carboxylic acids is 1. The van der Waals surface area contributed by atoms with Crippen LogP contribution in [0.1, 0.15) is 34.6 Å². The van der Waals surface area contributed by atoms with E-state index in [1.165, 1.54) is 17.7 Å². The first-order valence-corrected chi connectivity index (χ1v) is 9.40. The van der Waals surface area contributed by atoms with Crippen molar-refractivity contribution in [1.82, 2.24) is 9.55 Å². The number of fused-ring (bicyclic) bond motifs is 3. The number of methoxy groups -OCH3 is 1. The summed E-state index contributed by atoms with van der Waals surface area (Å²) in [5, 5.41) is 11.9. The van der Waals surface area contributed by atoms with Crippen molar-refractivity contribution in [3.8, 4) is 11.5 Å². The summed E-state index contributed by atoms with van der Waals surface area (Å²) in [6.07, 6.45) is 1.18. The Labute approximate surface area is 164 Å². The summed E-state index contributed by atoms with van der Waals surface area (Å²) >= 11 is 0. The average molecular weight is 385 g/mol. The number of anilines is 1. The molecular weight excluding hydrogens is 358 g/mol.